The van der Waals surface area contributed by atoms with Gasteiger partial charge in [-0.25, -0.2) is 0 Å². The number of rotatable bonds is 3. The first kappa shape index (κ1) is 11.0. The molecule has 0 aliphatic heterocycles. The molecule has 2 rings (SSSR count). The number of aromatic nitrogens is 2. The molecule has 1 aromatic heterocycles. The maximum absolute atomic E-state index is 9.35. The summed E-state index contributed by atoms with van der Waals surface area (Å²) in [4.78, 5) is 0. The summed E-state index contributed by atoms with van der Waals surface area (Å²) in [5.41, 5.74) is 1.09. The van der Waals surface area contributed by atoms with Gasteiger partial charge in [-0.3, -0.25) is 4.68 Å². The average molecular weight is 283 g/mol. The molecule has 0 saturated heterocycles. The van der Waals surface area contributed by atoms with Crippen LogP contribution in [-0.2, 0) is 6.54 Å². The molecule has 0 aliphatic carbocycles. The second kappa shape index (κ2) is 4.57. The summed E-state index contributed by atoms with van der Waals surface area (Å²) in [5.74, 6) is 0.972. The fourth-order valence-electron chi connectivity index (χ4n) is 1.37. The van der Waals surface area contributed by atoms with E-state index in [4.69, 9.17) is 4.74 Å². The third-order valence-electron chi connectivity index (χ3n) is 2.25. The summed E-state index contributed by atoms with van der Waals surface area (Å²) < 4.78 is 7.34. The van der Waals surface area contributed by atoms with Crippen molar-refractivity contribution in [2.75, 3.05) is 7.11 Å². The maximum Gasteiger partial charge on any atom is 0.168 e. The van der Waals surface area contributed by atoms with E-state index < -0.39 is 0 Å². The highest BCUT2D eigenvalue weighted by atomic mass is 79.9. The van der Waals surface area contributed by atoms with Gasteiger partial charge in [0.2, 0.25) is 0 Å². The van der Waals surface area contributed by atoms with Gasteiger partial charge >= 0.3 is 0 Å². The smallest absolute Gasteiger partial charge is 0.168 e. The van der Waals surface area contributed by atoms with Crippen LogP contribution in [0.15, 0.2) is 35.1 Å². The van der Waals surface area contributed by atoms with Gasteiger partial charge < -0.3 is 9.84 Å². The first-order valence-corrected chi connectivity index (χ1v) is 5.53. The molecule has 0 atom stereocenters. The van der Waals surface area contributed by atoms with Crippen molar-refractivity contribution in [1.29, 1.82) is 0 Å². The van der Waals surface area contributed by atoms with Crippen molar-refractivity contribution in [3.05, 3.63) is 40.6 Å². The third-order valence-corrected chi connectivity index (χ3v) is 3.06. The molecule has 1 heterocycles. The van der Waals surface area contributed by atoms with Gasteiger partial charge in [0.15, 0.2) is 5.75 Å². The van der Waals surface area contributed by atoms with Crippen LogP contribution in [0.1, 0.15) is 5.56 Å². The number of hydrogen-bond acceptors (Lipinski definition) is 3. The van der Waals surface area contributed by atoms with E-state index in [1.807, 2.05) is 24.3 Å². The zero-order chi connectivity index (χ0) is 11.5. The van der Waals surface area contributed by atoms with Crippen molar-refractivity contribution in [2.45, 2.75) is 6.54 Å². The van der Waals surface area contributed by atoms with E-state index in [9.17, 15) is 5.11 Å². The van der Waals surface area contributed by atoms with Gasteiger partial charge in [-0.15, -0.1) is 0 Å². The first-order valence-electron chi connectivity index (χ1n) is 4.74. The van der Waals surface area contributed by atoms with Crippen LogP contribution in [0.5, 0.6) is 11.5 Å². The minimum absolute atomic E-state index is 0.147. The molecule has 84 valence electrons. The predicted molar refractivity (Wildman–Crippen MR) is 63.7 cm³/mol. The highest BCUT2D eigenvalue weighted by Crippen LogP contribution is 2.23. The molecule has 0 amide bonds. The zero-order valence-electron chi connectivity index (χ0n) is 8.72. The molecule has 4 nitrogen and oxygen atoms in total. The molecule has 2 aromatic rings. The van der Waals surface area contributed by atoms with E-state index in [1.54, 1.807) is 11.8 Å². The lowest BCUT2D eigenvalue weighted by molar-refractivity contribution is 0.414. The molecule has 0 spiro atoms. The van der Waals surface area contributed by atoms with E-state index in [0.29, 0.717) is 11.1 Å². The van der Waals surface area contributed by atoms with Crippen LogP contribution in [0.4, 0.5) is 0 Å². The molecule has 0 radical (unpaired) electrons. The number of benzene rings is 1. The summed E-state index contributed by atoms with van der Waals surface area (Å²) >= 11 is 3.26. The van der Waals surface area contributed by atoms with Crippen molar-refractivity contribution in [1.82, 2.24) is 9.78 Å². The maximum atomic E-state index is 9.35. The Balaban J connectivity index is 2.17. The zero-order valence-corrected chi connectivity index (χ0v) is 10.3. The lowest BCUT2D eigenvalue weighted by Crippen LogP contribution is -2.01. The SMILES string of the molecule is COc1ccc(Cn2ncc(O)c2Br)cc1. The number of halogens is 1. The normalized spacial score (nSPS) is 10.4. The number of aromatic hydroxyl groups is 1. The molecule has 5 heteroatoms. The molecule has 0 aliphatic rings. The lowest BCUT2D eigenvalue weighted by atomic mass is 10.2. The largest absolute Gasteiger partial charge is 0.504 e. The second-order valence-corrected chi connectivity index (χ2v) is 4.08. The van der Waals surface area contributed by atoms with Crippen LogP contribution < -0.4 is 4.74 Å². The van der Waals surface area contributed by atoms with Crippen LogP contribution in [-0.4, -0.2) is 22.0 Å². The highest BCUT2D eigenvalue weighted by Gasteiger charge is 2.06. The molecule has 0 bridgehead atoms. The Bertz CT molecular complexity index is 479. The first-order chi connectivity index (χ1) is 7.70. The molecule has 0 saturated carbocycles. The summed E-state index contributed by atoms with van der Waals surface area (Å²) in [5, 5.41) is 13.4. The molecule has 1 aromatic carbocycles. The van der Waals surface area contributed by atoms with Gasteiger partial charge in [0.25, 0.3) is 0 Å². The van der Waals surface area contributed by atoms with Crippen LogP contribution in [0.3, 0.4) is 0 Å². The summed E-state index contributed by atoms with van der Waals surface area (Å²) in [6.45, 7) is 0.602. The van der Waals surface area contributed by atoms with Gasteiger partial charge in [-0.1, -0.05) is 12.1 Å². The molecule has 0 unspecified atom stereocenters. The number of nitrogens with zero attached hydrogens (tertiary/aromatic N) is 2. The Morgan fingerprint density at radius 2 is 2.06 bits per heavy atom. The Morgan fingerprint density at radius 1 is 1.38 bits per heavy atom. The van der Waals surface area contributed by atoms with Crippen molar-refractivity contribution in [2.24, 2.45) is 0 Å². The Labute approximate surface area is 102 Å². The van der Waals surface area contributed by atoms with E-state index in [1.165, 1.54) is 6.20 Å². The van der Waals surface area contributed by atoms with Crippen molar-refractivity contribution < 1.29 is 9.84 Å². The molecule has 0 fully saturated rings. The van der Waals surface area contributed by atoms with Crippen LogP contribution >= 0.6 is 15.9 Å². The quantitative estimate of drug-likeness (QED) is 0.941. The Kier molecular flexibility index (Phi) is 3.14. The van der Waals surface area contributed by atoms with Gasteiger partial charge in [0.1, 0.15) is 10.4 Å². The molecular weight excluding hydrogens is 272 g/mol. The number of ether oxygens (including phenoxy) is 1. The Morgan fingerprint density at radius 3 is 2.56 bits per heavy atom. The van der Waals surface area contributed by atoms with Crippen LogP contribution in [0.25, 0.3) is 0 Å². The van der Waals surface area contributed by atoms with Gasteiger partial charge in [0, 0.05) is 0 Å². The van der Waals surface area contributed by atoms with Crippen molar-refractivity contribution >= 4 is 15.9 Å². The number of methoxy groups -OCH3 is 1. The monoisotopic (exact) mass is 282 g/mol. The fourth-order valence-corrected chi connectivity index (χ4v) is 1.69. The summed E-state index contributed by atoms with van der Waals surface area (Å²) in [6, 6.07) is 7.72. The van der Waals surface area contributed by atoms with Crippen molar-refractivity contribution in [3.8, 4) is 11.5 Å². The minimum Gasteiger partial charge on any atom is -0.504 e. The standard InChI is InChI=1S/C11H11BrN2O2/c1-16-9-4-2-8(3-5-9)7-14-11(12)10(15)6-13-14/h2-6,15H,7H2,1H3. The van der Waals surface area contributed by atoms with E-state index in [-0.39, 0.29) is 5.75 Å². The van der Waals surface area contributed by atoms with E-state index in [2.05, 4.69) is 21.0 Å². The topological polar surface area (TPSA) is 47.3 Å². The highest BCUT2D eigenvalue weighted by molar-refractivity contribution is 9.10. The molecule has 16 heavy (non-hydrogen) atoms. The summed E-state index contributed by atoms with van der Waals surface area (Å²) in [6.07, 6.45) is 1.41. The fraction of sp³-hybridized carbons (Fsp3) is 0.182. The van der Waals surface area contributed by atoms with Crippen molar-refractivity contribution in [3.63, 3.8) is 0 Å². The molecular formula is C11H11BrN2O2. The number of hydrogen-bond donors (Lipinski definition) is 1. The predicted octanol–water partition coefficient (Wildman–Crippen LogP) is 2.41. The van der Waals surface area contributed by atoms with Gasteiger partial charge in [-0.2, -0.15) is 5.10 Å². The third kappa shape index (κ3) is 2.19. The Hall–Kier alpha value is -1.49. The average Bonchev–Trinajstić information content (AvgIpc) is 2.62. The van der Waals surface area contributed by atoms with E-state index >= 15 is 0 Å². The second-order valence-electron chi connectivity index (χ2n) is 3.33. The minimum atomic E-state index is 0.147. The lowest BCUT2D eigenvalue weighted by Gasteiger charge is -2.04. The molecule has 1 N–H and O–H groups in total. The van der Waals surface area contributed by atoms with Gasteiger partial charge in [-0.05, 0) is 33.6 Å². The van der Waals surface area contributed by atoms with Crippen LogP contribution in [0.2, 0.25) is 0 Å². The van der Waals surface area contributed by atoms with Crippen LogP contribution in [0, 0.1) is 0 Å². The summed E-state index contributed by atoms with van der Waals surface area (Å²) in [7, 11) is 1.64. The van der Waals surface area contributed by atoms with E-state index in [0.717, 1.165) is 11.3 Å². The van der Waals surface area contributed by atoms with Gasteiger partial charge in [0.05, 0.1) is 19.9 Å².